The number of nitrogens with zero attached hydrogens (tertiary/aromatic N) is 2. The van der Waals surface area contributed by atoms with Crippen molar-refractivity contribution in [3.63, 3.8) is 0 Å². The average molecular weight is 297 g/mol. The van der Waals surface area contributed by atoms with E-state index in [0.29, 0.717) is 29.9 Å². The van der Waals surface area contributed by atoms with E-state index in [4.69, 9.17) is 5.73 Å². The SMILES string of the molecule is Cc1ccc(O)c(/C=N/CC/N=C/c2cc(N)ccc2O)c1. The highest BCUT2D eigenvalue weighted by Gasteiger charge is 1.98. The second-order valence-electron chi connectivity index (χ2n) is 4.95. The van der Waals surface area contributed by atoms with Gasteiger partial charge in [-0.3, -0.25) is 9.98 Å². The summed E-state index contributed by atoms with van der Waals surface area (Å²) in [7, 11) is 0. The van der Waals surface area contributed by atoms with Gasteiger partial charge in [0, 0.05) is 29.2 Å². The molecule has 114 valence electrons. The number of benzene rings is 2. The number of nitrogens with two attached hydrogens (primary N) is 1. The minimum atomic E-state index is 0.145. The molecule has 2 aromatic carbocycles. The summed E-state index contributed by atoms with van der Waals surface area (Å²) in [6.07, 6.45) is 3.21. The van der Waals surface area contributed by atoms with Gasteiger partial charge in [0.1, 0.15) is 11.5 Å². The normalized spacial score (nSPS) is 11.5. The molecule has 0 heterocycles. The molecule has 5 nitrogen and oxygen atoms in total. The lowest BCUT2D eigenvalue weighted by Crippen LogP contribution is -1.92. The van der Waals surface area contributed by atoms with E-state index in [-0.39, 0.29) is 11.5 Å². The third kappa shape index (κ3) is 4.34. The van der Waals surface area contributed by atoms with Gasteiger partial charge in [-0.25, -0.2) is 0 Å². The molecule has 0 aromatic heterocycles. The molecule has 0 unspecified atom stereocenters. The number of hydrogen-bond acceptors (Lipinski definition) is 5. The van der Waals surface area contributed by atoms with Crippen LogP contribution in [0.25, 0.3) is 0 Å². The van der Waals surface area contributed by atoms with E-state index in [1.54, 1.807) is 30.6 Å². The highest BCUT2D eigenvalue weighted by molar-refractivity contribution is 5.85. The van der Waals surface area contributed by atoms with Crippen LogP contribution in [0.5, 0.6) is 11.5 Å². The maximum Gasteiger partial charge on any atom is 0.124 e. The predicted molar refractivity (Wildman–Crippen MR) is 90.3 cm³/mol. The van der Waals surface area contributed by atoms with Crippen molar-refractivity contribution in [1.82, 2.24) is 0 Å². The summed E-state index contributed by atoms with van der Waals surface area (Å²) in [5.41, 5.74) is 8.57. The van der Waals surface area contributed by atoms with E-state index in [2.05, 4.69) is 9.98 Å². The molecule has 2 aromatic rings. The van der Waals surface area contributed by atoms with Crippen LogP contribution >= 0.6 is 0 Å². The summed E-state index contributed by atoms with van der Waals surface area (Å²) in [4.78, 5) is 8.43. The Morgan fingerprint density at radius 3 is 2.09 bits per heavy atom. The zero-order valence-corrected chi connectivity index (χ0v) is 12.4. The maximum atomic E-state index is 9.68. The minimum Gasteiger partial charge on any atom is -0.507 e. The molecule has 0 saturated heterocycles. The van der Waals surface area contributed by atoms with Crippen LogP contribution in [0.3, 0.4) is 0 Å². The summed E-state index contributed by atoms with van der Waals surface area (Å²) >= 11 is 0. The Kier molecular flexibility index (Phi) is 5.14. The van der Waals surface area contributed by atoms with Crippen molar-refractivity contribution in [2.24, 2.45) is 9.98 Å². The highest BCUT2D eigenvalue weighted by atomic mass is 16.3. The van der Waals surface area contributed by atoms with Crippen LogP contribution in [-0.2, 0) is 0 Å². The first kappa shape index (κ1) is 15.6. The van der Waals surface area contributed by atoms with Gasteiger partial charge in [0.15, 0.2) is 0 Å². The van der Waals surface area contributed by atoms with Crippen molar-refractivity contribution < 1.29 is 10.2 Å². The van der Waals surface area contributed by atoms with Crippen molar-refractivity contribution in [3.8, 4) is 11.5 Å². The summed E-state index contributed by atoms with van der Waals surface area (Å²) < 4.78 is 0. The number of aliphatic imine (C=N–C) groups is 2. The molecule has 0 bridgehead atoms. The van der Waals surface area contributed by atoms with Crippen LogP contribution in [0.1, 0.15) is 16.7 Å². The van der Waals surface area contributed by atoms with Crippen molar-refractivity contribution in [1.29, 1.82) is 0 Å². The molecule has 0 amide bonds. The molecular formula is C17H19N3O2. The summed E-state index contributed by atoms with van der Waals surface area (Å²) in [6, 6.07) is 10.2. The molecule has 0 saturated carbocycles. The first-order valence-corrected chi connectivity index (χ1v) is 6.94. The average Bonchev–Trinajstić information content (AvgIpc) is 2.49. The van der Waals surface area contributed by atoms with Gasteiger partial charge in [0.2, 0.25) is 0 Å². The molecule has 0 fully saturated rings. The first-order chi connectivity index (χ1) is 10.6. The van der Waals surface area contributed by atoms with Gasteiger partial charge in [-0.05, 0) is 37.3 Å². The fourth-order valence-electron chi connectivity index (χ4n) is 1.90. The van der Waals surface area contributed by atoms with Crippen molar-refractivity contribution in [2.45, 2.75) is 6.92 Å². The Morgan fingerprint density at radius 2 is 1.45 bits per heavy atom. The fraction of sp³-hybridized carbons (Fsp3) is 0.176. The summed E-state index contributed by atoms with van der Waals surface area (Å²) in [5.74, 6) is 0.355. The number of rotatable bonds is 5. The molecule has 0 spiro atoms. The number of aromatic hydroxyl groups is 2. The smallest absolute Gasteiger partial charge is 0.124 e. The van der Waals surface area contributed by atoms with Gasteiger partial charge in [-0.2, -0.15) is 0 Å². The zero-order valence-electron chi connectivity index (χ0n) is 12.4. The van der Waals surface area contributed by atoms with Crippen molar-refractivity contribution >= 4 is 18.1 Å². The molecule has 4 N–H and O–H groups in total. The zero-order chi connectivity index (χ0) is 15.9. The monoisotopic (exact) mass is 297 g/mol. The molecule has 0 radical (unpaired) electrons. The Balaban J connectivity index is 1.89. The van der Waals surface area contributed by atoms with Crippen LogP contribution in [0.2, 0.25) is 0 Å². The van der Waals surface area contributed by atoms with Crippen LogP contribution in [0, 0.1) is 6.92 Å². The van der Waals surface area contributed by atoms with E-state index >= 15 is 0 Å². The molecule has 22 heavy (non-hydrogen) atoms. The Hall–Kier alpha value is -2.82. The van der Waals surface area contributed by atoms with Crippen LogP contribution in [0.15, 0.2) is 46.4 Å². The van der Waals surface area contributed by atoms with E-state index in [9.17, 15) is 10.2 Å². The van der Waals surface area contributed by atoms with Gasteiger partial charge in [-0.15, -0.1) is 0 Å². The number of phenolic OH excluding ortho intramolecular Hbond substituents is 2. The third-order valence-corrected chi connectivity index (χ3v) is 3.05. The Bertz CT molecular complexity index is 648. The van der Waals surface area contributed by atoms with Gasteiger partial charge in [-0.1, -0.05) is 11.6 Å². The molecule has 2 rings (SSSR count). The van der Waals surface area contributed by atoms with Crippen molar-refractivity contribution in [3.05, 3.63) is 53.1 Å². The summed E-state index contributed by atoms with van der Waals surface area (Å²) in [5, 5.41) is 19.3. The van der Waals surface area contributed by atoms with Crippen LogP contribution in [-0.4, -0.2) is 35.7 Å². The van der Waals surface area contributed by atoms with E-state index in [0.717, 1.165) is 5.56 Å². The first-order valence-electron chi connectivity index (χ1n) is 6.94. The van der Waals surface area contributed by atoms with Gasteiger partial charge in [0.05, 0.1) is 13.1 Å². The molecule has 0 aliphatic heterocycles. The van der Waals surface area contributed by atoms with Gasteiger partial charge < -0.3 is 15.9 Å². The largest absolute Gasteiger partial charge is 0.507 e. The molecule has 0 atom stereocenters. The maximum absolute atomic E-state index is 9.68. The lowest BCUT2D eigenvalue weighted by atomic mass is 10.1. The van der Waals surface area contributed by atoms with Crippen LogP contribution in [0.4, 0.5) is 5.69 Å². The Morgan fingerprint density at radius 1 is 0.909 bits per heavy atom. The molecule has 0 aliphatic rings. The second-order valence-corrected chi connectivity index (χ2v) is 4.95. The Labute approximate surface area is 129 Å². The quantitative estimate of drug-likeness (QED) is 0.343. The lowest BCUT2D eigenvalue weighted by molar-refractivity contribution is 0.474. The standard InChI is InChI=1S/C17H19N3O2/c1-12-2-4-16(21)13(8-12)10-19-6-7-20-11-14-9-15(18)3-5-17(14)22/h2-5,8-11,21-22H,6-7,18H2,1H3/b19-10+,20-11+. The minimum absolute atomic E-state index is 0.145. The van der Waals surface area contributed by atoms with Crippen molar-refractivity contribution in [2.75, 3.05) is 18.8 Å². The van der Waals surface area contributed by atoms with Crippen LogP contribution < -0.4 is 5.73 Å². The third-order valence-electron chi connectivity index (χ3n) is 3.05. The fourth-order valence-corrected chi connectivity index (χ4v) is 1.90. The van der Waals surface area contributed by atoms with E-state index in [1.807, 2.05) is 19.1 Å². The number of phenols is 2. The number of anilines is 1. The highest BCUT2D eigenvalue weighted by Crippen LogP contribution is 2.17. The second kappa shape index (κ2) is 7.26. The number of nitrogen functional groups attached to an aromatic ring is 1. The summed E-state index contributed by atoms with van der Waals surface area (Å²) in [6.45, 7) is 2.93. The topological polar surface area (TPSA) is 91.2 Å². The number of aryl methyl sites for hydroxylation is 1. The van der Waals surface area contributed by atoms with E-state index < -0.39 is 0 Å². The van der Waals surface area contributed by atoms with E-state index in [1.165, 1.54) is 6.07 Å². The lowest BCUT2D eigenvalue weighted by Gasteiger charge is -2.00. The predicted octanol–water partition coefficient (Wildman–Crippen LogP) is 2.53. The molecular weight excluding hydrogens is 278 g/mol. The molecule has 5 heteroatoms. The number of hydrogen-bond donors (Lipinski definition) is 3. The van der Waals surface area contributed by atoms with Gasteiger partial charge in [0.25, 0.3) is 0 Å². The van der Waals surface area contributed by atoms with Gasteiger partial charge >= 0.3 is 0 Å². The molecule has 0 aliphatic carbocycles.